The van der Waals surface area contributed by atoms with Crippen molar-refractivity contribution in [2.75, 3.05) is 11.9 Å². The smallest absolute Gasteiger partial charge is 0.124 e. The van der Waals surface area contributed by atoms with Crippen LogP contribution in [-0.2, 0) is 6.54 Å². The normalized spacial score (nSPS) is 10.8. The van der Waals surface area contributed by atoms with E-state index in [9.17, 15) is 0 Å². The van der Waals surface area contributed by atoms with Gasteiger partial charge in [-0.25, -0.2) is 0 Å². The van der Waals surface area contributed by atoms with Gasteiger partial charge in [0, 0.05) is 17.1 Å². The van der Waals surface area contributed by atoms with Gasteiger partial charge in [0.1, 0.15) is 5.75 Å². The molecule has 2 aromatic rings. The van der Waals surface area contributed by atoms with Crippen molar-refractivity contribution in [1.82, 2.24) is 0 Å². The Morgan fingerprint density at radius 2 is 1.86 bits per heavy atom. The van der Waals surface area contributed by atoms with Gasteiger partial charge in [0.25, 0.3) is 0 Å². The zero-order chi connectivity index (χ0) is 15.9. The summed E-state index contributed by atoms with van der Waals surface area (Å²) in [6.07, 6.45) is 1.04. The molecule has 0 heterocycles. The monoisotopic (exact) mass is 337 g/mol. The lowest BCUT2D eigenvalue weighted by Gasteiger charge is -2.14. The standard InChI is InChI=1S/C18H21Cl2NO/c1-13(2)9-10-22-18-6-4-3-5-14(18)12-21-17-11-15(19)7-8-16(17)20/h3-8,11,13,21H,9-10,12H2,1-2H3. The van der Waals surface area contributed by atoms with Gasteiger partial charge >= 0.3 is 0 Å². The maximum Gasteiger partial charge on any atom is 0.124 e. The van der Waals surface area contributed by atoms with Gasteiger partial charge in [0.05, 0.1) is 17.3 Å². The number of nitrogens with one attached hydrogen (secondary N) is 1. The molecule has 22 heavy (non-hydrogen) atoms. The molecule has 2 aromatic carbocycles. The third kappa shape index (κ3) is 5.11. The van der Waals surface area contributed by atoms with Crippen molar-refractivity contribution in [2.45, 2.75) is 26.8 Å². The molecule has 118 valence electrons. The van der Waals surface area contributed by atoms with E-state index in [-0.39, 0.29) is 0 Å². The summed E-state index contributed by atoms with van der Waals surface area (Å²) in [5.41, 5.74) is 1.92. The fourth-order valence-electron chi connectivity index (χ4n) is 2.02. The van der Waals surface area contributed by atoms with Crippen LogP contribution in [0.15, 0.2) is 42.5 Å². The van der Waals surface area contributed by atoms with Crippen LogP contribution in [0.1, 0.15) is 25.8 Å². The highest BCUT2D eigenvalue weighted by Gasteiger charge is 2.06. The SMILES string of the molecule is CC(C)CCOc1ccccc1CNc1cc(Cl)ccc1Cl. The Morgan fingerprint density at radius 1 is 1.09 bits per heavy atom. The van der Waals surface area contributed by atoms with Crippen molar-refractivity contribution in [3.63, 3.8) is 0 Å². The summed E-state index contributed by atoms with van der Waals surface area (Å²) >= 11 is 12.2. The molecule has 0 aliphatic heterocycles. The molecule has 0 fully saturated rings. The minimum atomic E-state index is 0.635. The lowest BCUT2D eigenvalue weighted by atomic mass is 10.1. The zero-order valence-corrected chi connectivity index (χ0v) is 14.4. The van der Waals surface area contributed by atoms with Gasteiger partial charge in [-0.1, -0.05) is 55.2 Å². The summed E-state index contributed by atoms with van der Waals surface area (Å²) in [6, 6.07) is 13.4. The predicted molar refractivity (Wildman–Crippen MR) is 95.2 cm³/mol. The molecule has 0 radical (unpaired) electrons. The van der Waals surface area contributed by atoms with E-state index in [1.54, 1.807) is 12.1 Å². The molecule has 0 bridgehead atoms. The van der Waals surface area contributed by atoms with Crippen molar-refractivity contribution in [1.29, 1.82) is 0 Å². The molecule has 2 rings (SSSR count). The Bertz CT molecular complexity index is 614. The summed E-state index contributed by atoms with van der Waals surface area (Å²) in [5.74, 6) is 1.55. The minimum Gasteiger partial charge on any atom is -0.493 e. The largest absolute Gasteiger partial charge is 0.493 e. The Balaban J connectivity index is 2.01. The van der Waals surface area contributed by atoms with Crippen LogP contribution in [0, 0.1) is 5.92 Å². The molecule has 0 saturated heterocycles. The molecule has 0 spiro atoms. The molecule has 0 unspecified atom stereocenters. The lowest BCUT2D eigenvalue weighted by Crippen LogP contribution is -2.06. The number of hydrogen-bond acceptors (Lipinski definition) is 2. The van der Waals surface area contributed by atoms with Gasteiger partial charge in [0.15, 0.2) is 0 Å². The fraction of sp³-hybridized carbons (Fsp3) is 0.333. The van der Waals surface area contributed by atoms with E-state index in [1.165, 1.54) is 0 Å². The van der Waals surface area contributed by atoms with Crippen LogP contribution in [0.4, 0.5) is 5.69 Å². The Labute approximate surface area is 142 Å². The summed E-state index contributed by atoms with van der Waals surface area (Å²) < 4.78 is 5.89. The second kappa shape index (κ2) is 8.30. The molecule has 0 saturated carbocycles. The van der Waals surface area contributed by atoms with Crippen molar-refractivity contribution < 1.29 is 4.74 Å². The first kappa shape index (κ1) is 17.0. The first-order valence-corrected chi connectivity index (χ1v) is 8.21. The van der Waals surface area contributed by atoms with Gasteiger partial charge in [-0.3, -0.25) is 0 Å². The number of rotatable bonds is 7. The predicted octanol–water partition coefficient (Wildman–Crippen LogP) is 6.03. The molecular formula is C18H21Cl2NO. The van der Waals surface area contributed by atoms with Crippen LogP contribution in [0.25, 0.3) is 0 Å². The maximum absolute atomic E-state index is 6.17. The van der Waals surface area contributed by atoms with Crippen LogP contribution < -0.4 is 10.1 Å². The number of hydrogen-bond donors (Lipinski definition) is 1. The minimum absolute atomic E-state index is 0.635. The molecule has 4 heteroatoms. The van der Waals surface area contributed by atoms with E-state index in [4.69, 9.17) is 27.9 Å². The second-order valence-corrected chi connectivity index (χ2v) is 6.46. The zero-order valence-electron chi connectivity index (χ0n) is 12.9. The quantitative estimate of drug-likeness (QED) is 0.665. The first-order chi connectivity index (χ1) is 10.6. The van der Waals surface area contributed by atoms with Gasteiger partial charge in [-0.15, -0.1) is 0 Å². The van der Waals surface area contributed by atoms with E-state index < -0.39 is 0 Å². The third-order valence-electron chi connectivity index (χ3n) is 3.32. The topological polar surface area (TPSA) is 21.3 Å². The van der Waals surface area contributed by atoms with E-state index >= 15 is 0 Å². The van der Waals surface area contributed by atoms with Gasteiger partial charge in [0.2, 0.25) is 0 Å². The maximum atomic E-state index is 6.17. The molecule has 0 amide bonds. The Kier molecular flexibility index (Phi) is 6.41. The average Bonchev–Trinajstić information content (AvgIpc) is 2.49. The molecular weight excluding hydrogens is 317 g/mol. The van der Waals surface area contributed by atoms with Crippen molar-refractivity contribution in [3.8, 4) is 5.75 Å². The number of para-hydroxylation sites is 1. The molecule has 2 nitrogen and oxygen atoms in total. The van der Waals surface area contributed by atoms with E-state index in [0.717, 1.165) is 30.0 Å². The Hall–Kier alpha value is -1.38. The fourth-order valence-corrected chi connectivity index (χ4v) is 2.38. The highest BCUT2D eigenvalue weighted by atomic mass is 35.5. The summed E-state index contributed by atoms with van der Waals surface area (Å²) in [6.45, 7) is 5.75. The molecule has 0 atom stereocenters. The first-order valence-electron chi connectivity index (χ1n) is 7.46. The van der Waals surface area contributed by atoms with Gasteiger partial charge in [-0.2, -0.15) is 0 Å². The van der Waals surface area contributed by atoms with Crippen LogP contribution in [0.2, 0.25) is 10.0 Å². The third-order valence-corrected chi connectivity index (χ3v) is 3.89. The van der Waals surface area contributed by atoms with Crippen molar-refractivity contribution >= 4 is 28.9 Å². The lowest BCUT2D eigenvalue weighted by molar-refractivity contribution is 0.287. The average molecular weight is 338 g/mol. The van der Waals surface area contributed by atoms with Crippen LogP contribution in [-0.4, -0.2) is 6.61 Å². The van der Waals surface area contributed by atoms with Crippen molar-refractivity contribution in [3.05, 3.63) is 58.1 Å². The number of halogens is 2. The van der Waals surface area contributed by atoms with Gasteiger partial charge < -0.3 is 10.1 Å². The van der Waals surface area contributed by atoms with E-state index in [1.807, 2.05) is 24.3 Å². The molecule has 0 aromatic heterocycles. The summed E-state index contributed by atoms with van der Waals surface area (Å²) in [5, 5.41) is 4.63. The highest BCUT2D eigenvalue weighted by Crippen LogP contribution is 2.27. The van der Waals surface area contributed by atoms with Crippen molar-refractivity contribution in [2.24, 2.45) is 5.92 Å². The van der Waals surface area contributed by atoms with Gasteiger partial charge in [-0.05, 0) is 36.6 Å². The Morgan fingerprint density at radius 3 is 2.64 bits per heavy atom. The van der Waals surface area contributed by atoms with E-state index in [2.05, 4.69) is 25.2 Å². The highest BCUT2D eigenvalue weighted by molar-refractivity contribution is 6.35. The summed E-state index contributed by atoms with van der Waals surface area (Å²) in [4.78, 5) is 0. The number of ether oxygens (including phenoxy) is 1. The molecule has 0 aliphatic rings. The van der Waals surface area contributed by atoms with Crippen LogP contribution in [0.3, 0.4) is 0 Å². The summed E-state index contributed by atoms with van der Waals surface area (Å²) in [7, 11) is 0. The molecule has 0 aliphatic carbocycles. The van der Waals surface area contributed by atoms with Crippen LogP contribution >= 0.6 is 23.2 Å². The van der Waals surface area contributed by atoms with Crippen LogP contribution in [0.5, 0.6) is 5.75 Å². The second-order valence-electron chi connectivity index (χ2n) is 5.62. The van der Waals surface area contributed by atoms with E-state index in [0.29, 0.717) is 22.5 Å². The molecule has 1 N–H and O–H groups in total. The number of benzene rings is 2. The number of anilines is 1.